The summed E-state index contributed by atoms with van der Waals surface area (Å²) < 4.78 is 6.07. The summed E-state index contributed by atoms with van der Waals surface area (Å²) in [5.41, 5.74) is 1.54. The first-order chi connectivity index (χ1) is 10.1. The first-order valence-electron chi connectivity index (χ1n) is 6.53. The number of pyridine rings is 1. The molecule has 3 rings (SSSR count). The van der Waals surface area contributed by atoms with E-state index in [4.69, 9.17) is 4.74 Å². The number of aromatic amines is 1. The highest BCUT2D eigenvalue weighted by molar-refractivity contribution is 14.1. The first-order valence-corrected chi connectivity index (χ1v) is 7.61. The number of halogens is 1. The van der Waals surface area contributed by atoms with Crippen molar-refractivity contribution in [2.24, 2.45) is 0 Å². The molecule has 5 heteroatoms. The lowest BCUT2D eigenvalue weighted by Gasteiger charge is -2.08. The summed E-state index contributed by atoms with van der Waals surface area (Å²) in [5, 5.41) is 1.11. The van der Waals surface area contributed by atoms with Crippen molar-refractivity contribution in [3.05, 3.63) is 55.8 Å². The molecule has 0 amide bonds. The predicted octanol–water partition coefficient (Wildman–Crippen LogP) is 3.46. The highest BCUT2D eigenvalue weighted by atomic mass is 127. The van der Waals surface area contributed by atoms with Gasteiger partial charge in [-0.1, -0.05) is 6.07 Å². The Morgan fingerprint density at radius 1 is 1.24 bits per heavy atom. The number of esters is 1. The molecule has 4 nitrogen and oxygen atoms in total. The van der Waals surface area contributed by atoms with Crippen LogP contribution in [-0.2, 0) is 4.74 Å². The zero-order valence-electron chi connectivity index (χ0n) is 11.3. The highest BCUT2D eigenvalue weighted by Gasteiger charge is 2.14. The van der Waals surface area contributed by atoms with Crippen molar-refractivity contribution in [3.63, 3.8) is 0 Å². The fraction of sp³-hybridized carbons (Fsp3) is 0.125. The Labute approximate surface area is 134 Å². The zero-order valence-corrected chi connectivity index (χ0v) is 13.4. The van der Waals surface area contributed by atoms with Gasteiger partial charge in [0.05, 0.1) is 23.2 Å². The molecular weight excluding hydrogens is 381 g/mol. The molecule has 21 heavy (non-hydrogen) atoms. The lowest BCUT2D eigenvalue weighted by Crippen LogP contribution is -2.10. The minimum Gasteiger partial charge on any atom is -0.462 e. The molecule has 0 spiro atoms. The topological polar surface area (TPSA) is 59.2 Å². The van der Waals surface area contributed by atoms with Gasteiger partial charge in [-0.3, -0.25) is 4.79 Å². The molecule has 0 saturated heterocycles. The monoisotopic (exact) mass is 393 g/mol. The van der Waals surface area contributed by atoms with Crippen LogP contribution in [0, 0.1) is 3.57 Å². The van der Waals surface area contributed by atoms with E-state index < -0.39 is 5.97 Å². The Hall–Kier alpha value is -1.89. The van der Waals surface area contributed by atoms with Crippen LogP contribution in [0.15, 0.2) is 41.2 Å². The molecule has 0 saturated carbocycles. The van der Waals surface area contributed by atoms with Crippen LogP contribution >= 0.6 is 22.6 Å². The van der Waals surface area contributed by atoms with E-state index in [0.717, 1.165) is 9.09 Å². The smallest absolute Gasteiger partial charge is 0.340 e. The molecule has 0 aliphatic rings. The second-order valence-electron chi connectivity index (χ2n) is 4.59. The number of rotatable bonds is 2. The normalized spacial score (nSPS) is 11.0. The molecule has 1 heterocycles. The average molecular weight is 393 g/mol. The molecule has 1 N–H and O–H groups in total. The van der Waals surface area contributed by atoms with Gasteiger partial charge in [-0.2, -0.15) is 0 Å². The van der Waals surface area contributed by atoms with Crippen LogP contribution in [0.3, 0.4) is 0 Å². The summed E-state index contributed by atoms with van der Waals surface area (Å²) in [6.45, 7) is 2.05. The molecule has 0 fully saturated rings. The van der Waals surface area contributed by atoms with E-state index in [-0.39, 0.29) is 5.43 Å². The van der Waals surface area contributed by atoms with Gasteiger partial charge in [0.15, 0.2) is 5.43 Å². The number of carbonyl (C=O) groups is 1. The van der Waals surface area contributed by atoms with Crippen LogP contribution < -0.4 is 5.43 Å². The molecule has 106 valence electrons. The van der Waals surface area contributed by atoms with E-state index in [0.29, 0.717) is 28.5 Å². The molecular formula is C16H12INO3. The van der Waals surface area contributed by atoms with Crippen LogP contribution in [-0.4, -0.2) is 17.6 Å². The van der Waals surface area contributed by atoms with E-state index in [9.17, 15) is 9.59 Å². The van der Waals surface area contributed by atoms with Gasteiger partial charge in [0.25, 0.3) is 0 Å². The Morgan fingerprint density at radius 2 is 2.05 bits per heavy atom. The summed E-state index contributed by atoms with van der Waals surface area (Å²) in [6, 6.07) is 10.6. The van der Waals surface area contributed by atoms with Crippen molar-refractivity contribution in [1.29, 1.82) is 0 Å². The second kappa shape index (κ2) is 5.48. The number of fused-ring (bicyclic) bond motifs is 2. The third-order valence-corrected chi connectivity index (χ3v) is 3.96. The summed E-state index contributed by atoms with van der Waals surface area (Å²) in [7, 11) is 0. The van der Waals surface area contributed by atoms with Gasteiger partial charge in [0.2, 0.25) is 0 Å². The third-order valence-electron chi connectivity index (χ3n) is 3.29. The average Bonchev–Trinajstić information content (AvgIpc) is 2.47. The van der Waals surface area contributed by atoms with Crippen LogP contribution in [0.4, 0.5) is 0 Å². The quantitative estimate of drug-likeness (QED) is 0.412. The van der Waals surface area contributed by atoms with Crippen LogP contribution in [0.5, 0.6) is 0 Å². The van der Waals surface area contributed by atoms with Crippen LogP contribution in [0.1, 0.15) is 17.3 Å². The summed E-state index contributed by atoms with van der Waals surface area (Å²) in [6.07, 6.45) is 0. The van der Waals surface area contributed by atoms with Crippen molar-refractivity contribution >= 4 is 50.4 Å². The fourth-order valence-corrected chi connectivity index (χ4v) is 2.84. The second-order valence-corrected chi connectivity index (χ2v) is 5.84. The van der Waals surface area contributed by atoms with Crippen LogP contribution in [0.25, 0.3) is 21.8 Å². The SMILES string of the molecule is CCOC(=O)c1cccc2c(=O)c3ccc(I)cc3[nH]c12. The van der Waals surface area contributed by atoms with Gasteiger partial charge in [-0.15, -0.1) is 0 Å². The summed E-state index contributed by atoms with van der Waals surface area (Å²) >= 11 is 2.19. The molecule has 0 aliphatic heterocycles. The third kappa shape index (κ3) is 2.42. The minimum absolute atomic E-state index is 0.0821. The highest BCUT2D eigenvalue weighted by Crippen LogP contribution is 2.20. The predicted molar refractivity (Wildman–Crippen MR) is 90.7 cm³/mol. The number of carbonyl (C=O) groups excluding carboxylic acids is 1. The summed E-state index contributed by atoms with van der Waals surface area (Å²) in [4.78, 5) is 27.8. The van der Waals surface area contributed by atoms with Gasteiger partial charge in [0, 0.05) is 14.3 Å². The van der Waals surface area contributed by atoms with E-state index in [1.807, 2.05) is 12.1 Å². The number of nitrogens with one attached hydrogen (secondary N) is 1. The largest absolute Gasteiger partial charge is 0.462 e. The summed E-state index contributed by atoms with van der Waals surface area (Å²) in [5.74, 6) is -0.427. The number of H-pyrrole nitrogens is 1. The lowest BCUT2D eigenvalue weighted by molar-refractivity contribution is 0.0528. The van der Waals surface area contributed by atoms with Gasteiger partial charge in [-0.05, 0) is 59.8 Å². The number of para-hydroxylation sites is 1. The number of aromatic nitrogens is 1. The molecule has 0 radical (unpaired) electrons. The number of benzene rings is 2. The Kier molecular flexibility index (Phi) is 3.67. The van der Waals surface area contributed by atoms with Gasteiger partial charge in [-0.25, -0.2) is 4.79 Å². The standard InChI is InChI=1S/C16H12INO3/c1-2-21-16(20)12-5-3-4-11-14(12)18-13-8-9(17)6-7-10(13)15(11)19/h3-8H,2H2,1H3,(H,18,19). The maximum Gasteiger partial charge on any atom is 0.340 e. The maximum atomic E-state index is 12.6. The molecule has 3 aromatic rings. The minimum atomic E-state index is -0.427. The molecule has 0 aliphatic carbocycles. The number of ether oxygens (including phenoxy) is 1. The van der Waals surface area contributed by atoms with Crippen molar-refractivity contribution in [3.8, 4) is 0 Å². The number of hydrogen-bond donors (Lipinski definition) is 1. The van der Waals surface area contributed by atoms with Gasteiger partial charge in [0.1, 0.15) is 0 Å². The van der Waals surface area contributed by atoms with E-state index in [1.165, 1.54) is 0 Å². The van der Waals surface area contributed by atoms with Gasteiger partial charge < -0.3 is 9.72 Å². The fourth-order valence-electron chi connectivity index (χ4n) is 2.35. The lowest BCUT2D eigenvalue weighted by atomic mass is 10.1. The number of hydrogen-bond acceptors (Lipinski definition) is 3. The molecule has 0 bridgehead atoms. The zero-order chi connectivity index (χ0) is 15.0. The van der Waals surface area contributed by atoms with Crippen molar-refractivity contribution < 1.29 is 9.53 Å². The molecule has 2 aromatic carbocycles. The van der Waals surface area contributed by atoms with E-state index in [2.05, 4.69) is 27.6 Å². The molecule has 0 unspecified atom stereocenters. The molecule has 0 atom stereocenters. The first kappa shape index (κ1) is 14.1. The van der Waals surface area contributed by atoms with Gasteiger partial charge >= 0.3 is 5.97 Å². The maximum absolute atomic E-state index is 12.6. The van der Waals surface area contributed by atoms with Crippen molar-refractivity contribution in [2.75, 3.05) is 6.61 Å². The van der Waals surface area contributed by atoms with Crippen molar-refractivity contribution in [1.82, 2.24) is 4.98 Å². The Bertz CT molecular complexity index is 914. The molecule has 1 aromatic heterocycles. The Balaban J connectivity index is 2.40. The van der Waals surface area contributed by atoms with Crippen molar-refractivity contribution in [2.45, 2.75) is 6.92 Å². The Morgan fingerprint density at radius 3 is 2.81 bits per heavy atom. The van der Waals surface area contributed by atoms with E-state index in [1.54, 1.807) is 31.2 Å². The van der Waals surface area contributed by atoms with Crippen LogP contribution in [0.2, 0.25) is 0 Å². The van der Waals surface area contributed by atoms with E-state index >= 15 is 0 Å².